The molecule has 0 radical (unpaired) electrons. The molecule has 6 heteroatoms. The molecule has 0 bridgehead atoms. The van der Waals surface area contributed by atoms with Gasteiger partial charge < -0.3 is 0 Å². The van der Waals surface area contributed by atoms with Crippen LogP contribution in [-0.4, -0.2) is 26.1 Å². The number of halogens is 2. The average molecular weight is 530 g/mol. The third kappa shape index (κ3) is 5.06. The molecule has 0 aliphatic rings. The summed E-state index contributed by atoms with van der Waals surface area (Å²) in [5, 5.41) is 4.39. The van der Waals surface area contributed by atoms with Crippen LogP contribution in [0.2, 0.25) is 46.3 Å². The Bertz CT molecular complexity index is 1170. The second-order valence-electron chi connectivity index (χ2n) is 12.4. The van der Waals surface area contributed by atoms with E-state index in [0.717, 1.165) is 27.7 Å². The van der Waals surface area contributed by atoms with Gasteiger partial charge in [-0.3, -0.25) is 0 Å². The van der Waals surface area contributed by atoms with Crippen molar-refractivity contribution in [1.29, 1.82) is 0 Å². The van der Waals surface area contributed by atoms with E-state index < -0.39 is 16.1 Å². The van der Waals surface area contributed by atoms with Crippen LogP contribution in [0.5, 0.6) is 0 Å². The minimum Gasteiger partial charge on any atom is -0.238 e. The van der Waals surface area contributed by atoms with Crippen LogP contribution in [0, 0.1) is 0 Å². The normalized spacial score (nSPS) is 13.3. The Morgan fingerprint density at radius 3 is 1.41 bits per heavy atom. The molecule has 0 N–H and O–H groups in total. The van der Waals surface area contributed by atoms with Crippen LogP contribution in [0.15, 0.2) is 48.5 Å². The van der Waals surface area contributed by atoms with Gasteiger partial charge in [-0.1, -0.05) is 103 Å². The molecule has 182 valence electrons. The summed E-state index contributed by atoms with van der Waals surface area (Å²) in [5.41, 5.74) is 3.14. The predicted molar refractivity (Wildman–Crippen MR) is 157 cm³/mol. The van der Waals surface area contributed by atoms with Crippen LogP contribution < -0.4 is 10.5 Å². The van der Waals surface area contributed by atoms with Crippen molar-refractivity contribution in [2.75, 3.05) is 0 Å². The first-order valence-corrected chi connectivity index (χ1v) is 18.7. The van der Waals surface area contributed by atoms with E-state index in [0.29, 0.717) is 5.02 Å². The summed E-state index contributed by atoms with van der Waals surface area (Å²) in [4.78, 5) is 10.7. The van der Waals surface area contributed by atoms with Crippen LogP contribution in [0.3, 0.4) is 0 Å². The van der Waals surface area contributed by atoms with Gasteiger partial charge in [0.1, 0.15) is 8.07 Å². The number of aromatic nitrogens is 2. The molecule has 0 aliphatic heterocycles. The largest absolute Gasteiger partial charge is 0.238 e. The van der Waals surface area contributed by atoms with Gasteiger partial charge in [-0.2, -0.15) is 0 Å². The highest BCUT2D eigenvalue weighted by Crippen LogP contribution is 2.40. The third-order valence-corrected chi connectivity index (χ3v) is 19.6. The monoisotopic (exact) mass is 528 g/mol. The fourth-order valence-corrected chi connectivity index (χ4v) is 9.94. The van der Waals surface area contributed by atoms with Crippen molar-refractivity contribution in [2.24, 2.45) is 0 Å². The molecule has 2 aromatic carbocycles. The summed E-state index contributed by atoms with van der Waals surface area (Å²) in [6.07, 6.45) is 0. The molecular weight excluding hydrogens is 491 g/mol. The molecule has 0 atom stereocenters. The van der Waals surface area contributed by atoms with Crippen molar-refractivity contribution >= 4 is 49.9 Å². The predicted octanol–water partition coefficient (Wildman–Crippen LogP) is 8.55. The van der Waals surface area contributed by atoms with E-state index in [1.165, 1.54) is 10.5 Å². The SMILES string of the molecule is CC(C)(C)[Si](C)(C)c1nc(-c2ccc(Cl)cc2)nc(-c2ccc(Cl)cc2)c1[Si](C)(C)C(C)(C)C. The van der Waals surface area contributed by atoms with Crippen LogP contribution in [0.1, 0.15) is 41.5 Å². The highest BCUT2D eigenvalue weighted by Gasteiger charge is 2.47. The Morgan fingerprint density at radius 2 is 1.00 bits per heavy atom. The van der Waals surface area contributed by atoms with Crippen LogP contribution in [0.4, 0.5) is 0 Å². The third-order valence-electron chi connectivity index (χ3n) is 8.10. The Hall–Kier alpha value is -1.47. The van der Waals surface area contributed by atoms with Gasteiger partial charge in [0.15, 0.2) is 5.82 Å². The Balaban J connectivity index is 2.52. The standard InChI is InChI=1S/C28H38Cl2N2Si2/c1-27(2,3)33(7,8)24-23(19-11-15-21(29)16-12-19)31-25(20-13-17-22(30)18-14-20)32-26(24)34(9,10)28(4,5)6/h11-18H,1-10H3. The molecular formula is C28H38Cl2N2Si2. The van der Waals surface area contributed by atoms with Crippen LogP contribution >= 0.6 is 23.2 Å². The zero-order chi connectivity index (χ0) is 25.7. The molecule has 0 fully saturated rings. The lowest BCUT2D eigenvalue weighted by atomic mass is 10.1. The van der Waals surface area contributed by atoms with Crippen molar-refractivity contribution in [2.45, 2.75) is 77.8 Å². The first kappa shape index (κ1) is 27.1. The molecule has 34 heavy (non-hydrogen) atoms. The number of hydrogen-bond donors (Lipinski definition) is 0. The van der Waals surface area contributed by atoms with E-state index in [9.17, 15) is 0 Å². The molecule has 0 saturated carbocycles. The summed E-state index contributed by atoms with van der Waals surface area (Å²) in [7, 11) is -4.07. The highest BCUT2D eigenvalue weighted by atomic mass is 35.5. The van der Waals surface area contributed by atoms with Crippen molar-refractivity contribution in [3.63, 3.8) is 0 Å². The maximum Gasteiger partial charge on any atom is 0.159 e. The minimum absolute atomic E-state index is 0.132. The van der Waals surface area contributed by atoms with Gasteiger partial charge >= 0.3 is 0 Å². The van der Waals surface area contributed by atoms with Crippen molar-refractivity contribution in [3.05, 3.63) is 58.6 Å². The quantitative estimate of drug-likeness (QED) is 0.317. The lowest BCUT2D eigenvalue weighted by molar-refractivity contribution is 0.724. The van der Waals surface area contributed by atoms with E-state index in [2.05, 4.69) is 79.9 Å². The highest BCUT2D eigenvalue weighted by molar-refractivity contribution is 7.01. The summed E-state index contributed by atoms with van der Waals surface area (Å²) >= 11 is 12.5. The van der Waals surface area contributed by atoms with Crippen LogP contribution in [-0.2, 0) is 0 Å². The summed E-state index contributed by atoms with van der Waals surface area (Å²) < 4.78 is 0. The second kappa shape index (κ2) is 9.20. The smallest absolute Gasteiger partial charge is 0.159 e. The Kier molecular flexibility index (Phi) is 7.34. The fraction of sp³-hybridized carbons (Fsp3) is 0.429. The first-order valence-electron chi connectivity index (χ1n) is 11.9. The lowest BCUT2D eigenvalue weighted by Crippen LogP contribution is -2.66. The Morgan fingerprint density at radius 1 is 0.588 bits per heavy atom. The fourth-order valence-electron chi connectivity index (χ4n) is 3.78. The van der Waals surface area contributed by atoms with Gasteiger partial charge in [-0.05, 0) is 51.7 Å². The van der Waals surface area contributed by atoms with Crippen molar-refractivity contribution in [1.82, 2.24) is 9.97 Å². The zero-order valence-corrected chi connectivity index (χ0v) is 25.8. The van der Waals surface area contributed by atoms with E-state index >= 15 is 0 Å². The molecule has 1 heterocycles. The number of hydrogen-bond acceptors (Lipinski definition) is 2. The molecule has 2 nitrogen and oxygen atoms in total. The molecule has 3 rings (SSSR count). The Labute approximate surface area is 218 Å². The molecule has 0 amide bonds. The molecule has 0 unspecified atom stereocenters. The zero-order valence-electron chi connectivity index (χ0n) is 22.3. The molecule has 0 saturated heterocycles. The average Bonchev–Trinajstić information content (AvgIpc) is 2.72. The van der Waals surface area contributed by atoms with Gasteiger partial charge in [0.25, 0.3) is 0 Å². The van der Waals surface area contributed by atoms with Gasteiger partial charge in [0.2, 0.25) is 0 Å². The maximum absolute atomic E-state index is 6.28. The maximum atomic E-state index is 6.28. The lowest BCUT2D eigenvalue weighted by Gasteiger charge is -2.44. The van der Waals surface area contributed by atoms with E-state index in [1.807, 2.05) is 36.4 Å². The molecule has 0 spiro atoms. The molecule has 3 aromatic rings. The summed E-state index contributed by atoms with van der Waals surface area (Å²) in [6, 6.07) is 16.0. The van der Waals surface area contributed by atoms with E-state index in [4.69, 9.17) is 33.2 Å². The summed E-state index contributed by atoms with van der Waals surface area (Å²) in [6.45, 7) is 24.1. The topological polar surface area (TPSA) is 25.8 Å². The molecule has 1 aromatic heterocycles. The van der Waals surface area contributed by atoms with E-state index in [-0.39, 0.29) is 10.1 Å². The number of nitrogens with zero attached hydrogens (tertiary/aromatic N) is 2. The van der Waals surface area contributed by atoms with E-state index in [1.54, 1.807) is 0 Å². The second-order valence-corrected chi connectivity index (χ2v) is 23.7. The van der Waals surface area contributed by atoms with Gasteiger partial charge in [0, 0.05) is 26.5 Å². The minimum atomic E-state index is -2.03. The first-order chi connectivity index (χ1) is 15.5. The molecule has 0 aliphatic carbocycles. The number of rotatable bonds is 4. The summed E-state index contributed by atoms with van der Waals surface area (Å²) in [5.74, 6) is 0.768. The van der Waals surface area contributed by atoms with Gasteiger partial charge in [0.05, 0.1) is 13.8 Å². The van der Waals surface area contributed by atoms with Gasteiger partial charge in [-0.25, -0.2) is 9.97 Å². The van der Waals surface area contributed by atoms with Crippen LogP contribution in [0.25, 0.3) is 22.6 Å². The van der Waals surface area contributed by atoms with Gasteiger partial charge in [-0.15, -0.1) is 0 Å². The number of benzene rings is 2. The van der Waals surface area contributed by atoms with Crippen molar-refractivity contribution < 1.29 is 0 Å². The van der Waals surface area contributed by atoms with Crippen molar-refractivity contribution in [3.8, 4) is 22.6 Å².